The van der Waals surface area contributed by atoms with Gasteiger partial charge in [-0.15, -0.1) is 0 Å². The van der Waals surface area contributed by atoms with Crippen molar-refractivity contribution in [2.45, 2.75) is 50.2 Å². The van der Waals surface area contributed by atoms with E-state index in [1.54, 1.807) is 35.4 Å². The molecular formula is C18H26N2O4S. The lowest BCUT2D eigenvalue weighted by atomic mass is 10.0. The molecule has 25 heavy (non-hydrogen) atoms. The average Bonchev–Trinajstić information content (AvgIpc) is 2.53. The highest BCUT2D eigenvalue weighted by atomic mass is 32.2. The number of amides is 2. The van der Waals surface area contributed by atoms with Crippen molar-refractivity contribution in [1.82, 2.24) is 10.2 Å². The van der Waals surface area contributed by atoms with Crippen LogP contribution in [-0.2, 0) is 15.5 Å². The van der Waals surface area contributed by atoms with Crippen LogP contribution in [0.2, 0.25) is 0 Å². The molecule has 1 aliphatic rings. The Labute approximate surface area is 151 Å². The molecule has 0 aliphatic carbocycles. The molecule has 1 saturated heterocycles. The van der Waals surface area contributed by atoms with Gasteiger partial charge in [0.05, 0.1) is 0 Å². The molecule has 7 heteroatoms. The number of nitrogens with zero attached hydrogens (tertiary/aromatic N) is 1. The summed E-state index contributed by atoms with van der Waals surface area (Å²) in [6.45, 7) is 6.65. The first-order chi connectivity index (χ1) is 11.7. The van der Waals surface area contributed by atoms with Gasteiger partial charge in [-0.3, -0.25) is 9.00 Å². The third-order valence-electron chi connectivity index (χ3n) is 3.94. The molecule has 2 rings (SSSR count). The Kier molecular flexibility index (Phi) is 6.21. The fourth-order valence-electron chi connectivity index (χ4n) is 2.67. The van der Waals surface area contributed by atoms with Crippen LogP contribution in [0.3, 0.4) is 0 Å². The number of carbonyl (C=O) groups excluding carboxylic acids is 2. The summed E-state index contributed by atoms with van der Waals surface area (Å²) >= 11 is 0. The standard InChI is InChI=1S/C18H26N2O4S/c1-18(2,3)24-17(22)19-14-9-11-20(12-10-14)16(21)13-5-7-15(8-6-13)25(4)23/h5-8,14H,9-12H2,1-4H3,(H,19,22)/t25-/m1/s1. The molecule has 0 bridgehead atoms. The Morgan fingerprint density at radius 3 is 2.20 bits per heavy atom. The fourth-order valence-corrected chi connectivity index (χ4v) is 3.19. The maximum Gasteiger partial charge on any atom is 0.407 e. The predicted molar refractivity (Wildman–Crippen MR) is 97.1 cm³/mol. The summed E-state index contributed by atoms with van der Waals surface area (Å²) in [7, 11) is -1.05. The van der Waals surface area contributed by atoms with Crippen molar-refractivity contribution in [1.29, 1.82) is 0 Å². The molecule has 1 aromatic rings. The van der Waals surface area contributed by atoms with Gasteiger partial charge < -0.3 is 15.0 Å². The number of rotatable bonds is 3. The van der Waals surface area contributed by atoms with Crippen LogP contribution in [-0.4, -0.2) is 52.1 Å². The highest BCUT2D eigenvalue weighted by Gasteiger charge is 2.26. The SMILES string of the molecule is C[S@@](=O)c1ccc(C(=O)N2CCC(NC(=O)OC(C)(C)C)CC2)cc1. The van der Waals surface area contributed by atoms with E-state index in [0.29, 0.717) is 36.4 Å². The van der Waals surface area contributed by atoms with Crippen molar-refractivity contribution in [2.75, 3.05) is 19.3 Å². The van der Waals surface area contributed by atoms with Crippen LogP contribution in [0.15, 0.2) is 29.2 Å². The number of hydrogen-bond donors (Lipinski definition) is 1. The highest BCUT2D eigenvalue weighted by molar-refractivity contribution is 7.84. The first-order valence-electron chi connectivity index (χ1n) is 8.38. The monoisotopic (exact) mass is 366 g/mol. The Balaban J connectivity index is 1.86. The fraction of sp³-hybridized carbons (Fsp3) is 0.556. The molecule has 0 saturated carbocycles. The number of piperidine rings is 1. The van der Waals surface area contributed by atoms with Crippen LogP contribution in [0.25, 0.3) is 0 Å². The molecule has 2 amide bonds. The van der Waals surface area contributed by atoms with E-state index >= 15 is 0 Å². The largest absolute Gasteiger partial charge is 0.444 e. The van der Waals surface area contributed by atoms with Gasteiger partial charge in [0.2, 0.25) is 0 Å². The maximum atomic E-state index is 12.5. The van der Waals surface area contributed by atoms with Gasteiger partial charge in [0.25, 0.3) is 5.91 Å². The maximum absolute atomic E-state index is 12.5. The molecule has 1 fully saturated rings. The predicted octanol–water partition coefficient (Wildman–Crippen LogP) is 2.55. The van der Waals surface area contributed by atoms with Crippen molar-refractivity contribution in [3.8, 4) is 0 Å². The molecule has 1 aliphatic heterocycles. The van der Waals surface area contributed by atoms with Crippen LogP contribution in [0, 0.1) is 0 Å². The van der Waals surface area contributed by atoms with Crippen molar-refractivity contribution in [3.05, 3.63) is 29.8 Å². The number of nitrogens with one attached hydrogen (secondary N) is 1. The Morgan fingerprint density at radius 1 is 1.16 bits per heavy atom. The zero-order valence-electron chi connectivity index (χ0n) is 15.2. The van der Waals surface area contributed by atoms with Gasteiger partial charge in [0, 0.05) is 46.6 Å². The van der Waals surface area contributed by atoms with Gasteiger partial charge in [-0.2, -0.15) is 0 Å². The Hall–Kier alpha value is -1.89. The summed E-state index contributed by atoms with van der Waals surface area (Å²) in [6.07, 6.45) is 2.59. The number of hydrogen-bond acceptors (Lipinski definition) is 4. The Morgan fingerprint density at radius 2 is 1.72 bits per heavy atom. The van der Waals surface area contributed by atoms with E-state index in [-0.39, 0.29) is 11.9 Å². The molecule has 1 atom stereocenters. The number of benzene rings is 1. The third-order valence-corrected chi connectivity index (χ3v) is 4.87. The summed E-state index contributed by atoms with van der Waals surface area (Å²) in [6, 6.07) is 6.89. The lowest BCUT2D eigenvalue weighted by Gasteiger charge is -2.33. The van der Waals surface area contributed by atoms with Gasteiger partial charge >= 0.3 is 6.09 Å². The second-order valence-corrected chi connectivity index (χ2v) is 8.57. The third kappa shape index (κ3) is 5.85. The lowest BCUT2D eigenvalue weighted by molar-refractivity contribution is 0.0473. The van der Waals surface area contributed by atoms with E-state index in [4.69, 9.17) is 4.74 Å². The van der Waals surface area contributed by atoms with Crippen molar-refractivity contribution in [2.24, 2.45) is 0 Å². The lowest BCUT2D eigenvalue weighted by Crippen LogP contribution is -2.47. The second kappa shape index (κ2) is 7.99. The molecule has 138 valence electrons. The van der Waals surface area contributed by atoms with Gasteiger partial charge in [-0.25, -0.2) is 4.79 Å². The molecule has 1 aromatic carbocycles. The first kappa shape index (κ1) is 19.4. The van der Waals surface area contributed by atoms with Crippen LogP contribution < -0.4 is 5.32 Å². The van der Waals surface area contributed by atoms with E-state index < -0.39 is 22.5 Å². The minimum Gasteiger partial charge on any atom is -0.444 e. The van der Waals surface area contributed by atoms with Crippen LogP contribution >= 0.6 is 0 Å². The molecule has 0 aromatic heterocycles. The van der Waals surface area contributed by atoms with Crippen LogP contribution in [0.5, 0.6) is 0 Å². The number of ether oxygens (including phenoxy) is 1. The second-order valence-electron chi connectivity index (χ2n) is 7.19. The van der Waals surface area contributed by atoms with Crippen molar-refractivity contribution < 1.29 is 18.5 Å². The average molecular weight is 366 g/mol. The van der Waals surface area contributed by atoms with Gasteiger partial charge in [-0.1, -0.05) is 0 Å². The van der Waals surface area contributed by atoms with Crippen molar-refractivity contribution >= 4 is 22.8 Å². The van der Waals surface area contributed by atoms with Crippen LogP contribution in [0.4, 0.5) is 4.79 Å². The van der Waals surface area contributed by atoms with Crippen LogP contribution in [0.1, 0.15) is 44.0 Å². The summed E-state index contributed by atoms with van der Waals surface area (Å²) in [5.74, 6) is -0.0378. The molecule has 0 unspecified atom stereocenters. The van der Waals surface area contributed by atoms with E-state index in [1.165, 1.54) is 0 Å². The molecule has 0 radical (unpaired) electrons. The van der Waals surface area contributed by atoms with Crippen molar-refractivity contribution in [3.63, 3.8) is 0 Å². The smallest absolute Gasteiger partial charge is 0.407 e. The van der Waals surface area contributed by atoms with Gasteiger partial charge in [0.1, 0.15) is 5.60 Å². The first-order valence-corrected chi connectivity index (χ1v) is 9.94. The molecule has 6 nitrogen and oxygen atoms in total. The summed E-state index contributed by atoms with van der Waals surface area (Å²) in [5.41, 5.74) is 0.0717. The quantitative estimate of drug-likeness (QED) is 0.892. The van der Waals surface area contributed by atoms with E-state index in [2.05, 4.69) is 5.32 Å². The topological polar surface area (TPSA) is 75.7 Å². The zero-order chi connectivity index (χ0) is 18.6. The molecular weight excluding hydrogens is 340 g/mol. The minimum atomic E-state index is -1.05. The van der Waals surface area contributed by atoms with E-state index in [0.717, 1.165) is 0 Å². The number of alkyl carbamates (subject to hydrolysis) is 1. The number of likely N-dealkylation sites (tertiary alicyclic amines) is 1. The molecule has 0 spiro atoms. The zero-order valence-corrected chi connectivity index (χ0v) is 16.0. The van der Waals surface area contributed by atoms with E-state index in [9.17, 15) is 13.8 Å². The van der Waals surface area contributed by atoms with Gasteiger partial charge in [0.15, 0.2) is 0 Å². The summed E-state index contributed by atoms with van der Waals surface area (Å²) < 4.78 is 16.7. The number of carbonyl (C=O) groups is 2. The summed E-state index contributed by atoms with van der Waals surface area (Å²) in [4.78, 5) is 26.8. The minimum absolute atomic E-state index is 0.0174. The normalized spacial score (nSPS) is 17.0. The summed E-state index contributed by atoms with van der Waals surface area (Å²) in [5, 5.41) is 2.86. The highest BCUT2D eigenvalue weighted by Crippen LogP contribution is 2.16. The molecule has 1 heterocycles. The van der Waals surface area contributed by atoms with Gasteiger partial charge in [-0.05, 0) is 57.9 Å². The Bertz CT molecular complexity index is 644. The van der Waals surface area contributed by atoms with E-state index in [1.807, 2.05) is 20.8 Å². The molecule has 1 N–H and O–H groups in total.